The van der Waals surface area contributed by atoms with Crippen LogP contribution >= 0.6 is 15.9 Å². The van der Waals surface area contributed by atoms with Gasteiger partial charge >= 0.3 is 0 Å². The number of anilines is 1. The number of benzene rings is 1. The molecule has 1 heterocycles. The van der Waals surface area contributed by atoms with Gasteiger partial charge in [-0.3, -0.25) is 4.68 Å². The summed E-state index contributed by atoms with van der Waals surface area (Å²) in [4.78, 5) is 0. The van der Waals surface area contributed by atoms with E-state index in [1.807, 2.05) is 13.8 Å². The summed E-state index contributed by atoms with van der Waals surface area (Å²) in [5.41, 5.74) is 5.94. The third kappa shape index (κ3) is 2.64. The summed E-state index contributed by atoms with van der Waals surface area (Å²) in [6, 6.07) is 2.96. The van der Waals surface area contributed by atoms with E-state index in [-0.39, 0.29) is 11.7 Å². The summed E-state index contributed by atoms with van der Waals surface area (Å²) >= 11 is 3.09. The van der Waals surface area contributed by atoms with Crippen LogP contribution in [0.2, 0.25) is 0 Å². The highest BCUT2D eigenvalue weighted by molar-refractivity contribution is 9.10. The largest absolute Gasteiger partial charge is 0.452 e. The second-order valence-electron chi connectivity index (χ2n) is 4.16. The van der Waals surface area contributed by atoms with Gasteiger partial charge in [-0.2, -0.15) is 5.10 Å². The fourth-order valence-corrected chi connectivity index (χ4v) is 1.74. The van der Waals surface area contributed by atoms with Crippen LogP contribution in [-0.4, -0.2) is 9.78 Å². The number of rotatable bonds is 3. The van der Waals surface area contributed by atoms with Crippen LogP contribution in [0.15, 0.2) is 29.0 Å². The molecule has 2 aromatic rings. The predicted octanol–water partition coefficient (Wildman–Crippen LogP) is 3.74. The molecule has 0 aliphatic carbocycles. The van der Waals surface area contributed by atoms with Gasteiger partial charge in [0.2, 0.25) is 0 Å². The maximum absolute atomic E-state index is 13.2. The molecular formula is C12H13BrFN3O. The van der Waals surface area contributed by atoms with Gasteiger partial charge in [-0.25, -0.2) is 4.39 Å². The molecule has 6 heteroatoms. The van der Waals surface area contributed by atoms with Crippen molar-refractivity contribution in [3.05, 3.63) is 34.8 Å². The maximum Gasteiger partial charge on any atom is 0.165 e. The minimum absolute atomic E-state index is 0.244. The summed E-state index contributed by atoms with van der Waals surface area (Å²) in [7, 11) is 0. The van der Waals surface area contributed by atoms with Crippen molar-refractivity contribution in [1.29, 1.82) is 0 Å². The summed E-state index contributed by atoms with van der Waals surface area (Å²) in [6.45, 7) is 4.03. The predicted molar refractivity (Wildman–Crippen MR) is 71.2 cm³/mol. The Morgan fingerprint density at radius 1 is 1.44 bits per heavy atom. The Labute approximate surface area is 113 Å². The number of ether oxygens (including phenoxy) is 1. The fraction of sp³-hybridized carbons (Fsp3) is 0.250. The second-order valence-corrected chi connectivity index (χ2v) is 5.01. The zero-order valence-electron chi connectivity index (χ0n) is 10.0. The van der Waals surface area contributed by atoms with Crippen molar-refractivity contribution in [3.8, 4) is 11.5 Å². The van der Waals surface area contributed by atoms with Crippen LogP contribution in [0, 0.1) is 5.82 Å². The van der Waals surface area contributed by atoms with Crippen molar-refractivity contribution in [1.82, 2.24) is 9.78 Å². The molecule has 0 aliphatic heterocycles. The topological polar surface area (TPSA) is 53.1 Å². The molecule has 96 valence electrons. The monoisotopic (exact) mass is 313 g/mol. The van der Waals surface area contributed by atoms with E-state index < -0.39 is 5.82 Å². The number of halogens is 2. The Morgan fingerprint density at radius 2 is 2.17 bits per heavy atom. The molecule has 0 radical (unpaired) electrons. The molecule has 2 N–H and O–H groups in total. The van der Waals surface area contributed by atoms with Gasteiger partial charge < -0.3 is 10.5 Å². The smallest absolute Gasteiger partial charge is 0.165 e. The fourth-order valence-electron chi connectivity index (χ4n) is 1.42. The van der Waals surface area contributed by atoms with E-state index in [2.05, 4.69) is 21.0 Å². The molecule has 0 aliphatic rings. The van der Waals surface area contributed by atoms with E-state index in [4.69, 9.17) is 10.5 Å². The number of aromatic nitrogens is 2. The van der Waals surface area contributed by atoms with Gasteiger partial charge in [0.05, 0.1) is 22.6 Å². The van der Waals surface area contributed by atoms with E-state index in [1.165, 1.54) is 12.1 Å². The van der Waals surface area contributed by atoms with Gasteiger partial charge in [0.1, 0.15) is 5.82 Å². The molecule has 4 nitrogen and oxygen atoms in total. The molecule has 1 aromatic carbocycles. The van der Waals surface area contributed by atoms with Crippen molar-refractivity contribution in [2.24, 2.45) is 0 Å². The molecular weight excluding hydrogens is 301 g/mol. The van der Waals surface area contributed by atoms with Gasteiger partial charge in [0.15, 0.2) is 11.5 Å². The van der Waals surface area contributed by atoms with Crippen LogP contribution in [0.1, 0.15) is 19.9 Å². The van der Waals surface area contributed by atoms with Gasteiger partial charge in [-0.15, -0.1) is 0 Å². The Bertz CT molecular complexity index is 568. The SMILES string of the molecule is CC(C)n1cc(Oc2cc(Br)c(F)cc2N)cn1. The molecule has 0 saturated heterocycles. The lowest BCUT2D eigenvalue weighted by molar-refractivity contribution is 0.477. The summed E-state index contributed by atoms with van der Waals surface area (Å²) < 4.78 is 20.9. The summed E-state index contributed by atoms with van der Waals surface area (Å²) in [5.74, 6) is 0.540. The average molecular weight is 314 g/mol. The van der Waals surface area contributed by atoms with Crippen LogP contribution in [0.5, 0.6) is 11.5 Å². The molecule has 0 spiro atoms. The Hall–Kier alpha value is -1.56. The molecule has 0 bridgehead atoms. The number of nitrogens with two attached hydrogens (primary N) is 1. The first-order valence-electron chi connectivity index (χ1n) is 5.44. The standard InChI is InChI=1S/C12H13BrFN3O/c1-7(2)17-6-8(5-16-17)18-12-3-9(13)10(14)4-11(12)15/h3-7H,15H2,1-2H3. The van der Waals surface area contributed by atoms with Gasteiger partial charge in [-0.1, -0.05) is 0 Å². The molecule has 1 aromatic heterocycles. The molecule has 0 amide bonds. The minimum atomic E-state index is -0.419. The first-order valence-corrected chi connectivity index (χ1v) is 6.23. The van der Waals surface area contributed by atoms with E-state index >= 15 is 0 Å². The van der Waals surface area contributed by atoms with Gasteiger partial charge in [0.25, 0.3) is 0 Å². The first kappa shape index (κ1) is 12.9. The number of hydrogen-bond donors (Lipinski definition) is 1. The lowest BCUT2D eigenvalue weighted by atomic mass is 10.3. The summed E-state index contributed by atoms with van der Waals surface area (Å²) in [6.07, 6.45) is 3.36. The Kier molecular flexibility index (Phi) is 3.56. The van der Waals surface area contributed by atoms with Crippen LogP contribution in [0.3, 0.4) is 0 Å². The van der Waals surface area contributed by atoms with Crippen LogP contribution in [0.25, 0.3) is 0 Å². The lowest BCUT2D eigenvalue weighted by Crippen LogP contribution is -1.99. The van der Waals surface area contributed by atoms with Gasteiger partial charge in [0, 0.05) is 18.2 Å². The minimum Gasteiger partial charge on any atom is -0.452 e. The molecule has 2 rings (SSSR count). The van der Waals surface area contributed by atoms with Crippen molar-refractivity contribution in [3.63, 3.8) is 0 Å². The zero-order valence-corrected chi connectivity index (χ0v) is 11.6. The van der Waals surface area contributed by atoms with Crippen LogP contribution in [-0.2, 0) is 0 Å². The highest BCUT2D eigenvalue weighted by Crippen LogP contribution is 2.32. The Morgan fingerprint density at radius 3 is 2.78 bits per heavy atom. The maximum atomic E-state index is 13.2. The van der Waals surface area contributed by atoms with E-state index in [1.54, 1.807) is 17.1 Å². The Balaban J connectivity index is 2.25. The highest BCUT2D eigenvalue weighted by Gasteiger charge is 2.09. The first-order chi connectivity index (χ1) is 8.47. The lowest BCUT2D eigenvalue weighted by Gasteiger charge is -2.07. The van der Waals surface area contributed by atoms with E-state index in [0.717, 1.165) is 0 Å². The molecule has 0 saturated carbocycles. The highest BCUT2D eigenvalue weighted by atomic mass is 79.9. The van der Waals surface area contributed by atoms with Crippen molar-refractivity contribution < 1.29 is 9.13 Å². The zero-order chi connectivity index (χ0) is 13.3. The van der Waals surface area contributed by atoms with Crippen molar-refractivity contribution in [2.45, 2.75) is 19.9 Å². The van der Waals surface area contributed by atoms with E-state index in [9.17, 15) is 4.39 Å². The third-order valence-electron chi connectivity index (χ3n) is 2.39. The van der Waals surface area contributed by atoms with Gasteiger partial charge in [-0.05, 0) is 29.8 Å². The molecule has 0 atom stereocenters. The van der Waals surface area contributed by atoms with Crippen molar-refractivity contribution in [2.75, 3.05) is 5.73 Å². The third-order valence-corrected chi connectivity index (χ3v) is 3.00. The molecule has 0 unspecified atom stereocenters. The van der Waals surface area contributed by atoms with Crippen LogP contribution < -0.4 is 10.5 Å². The normalized spacial score (nSPS) is 10.9. The van der Waals surface area contributed by atoms with Crippen LogP contribution in [0.4, 0.5) is 10.1 Å². The number of nitrogens with zero attached hydrogens (tertiary/aromatic N) is 2. The molecule has 0 fully saturated rings. The van der Waals surface area contributed by atoms with Crippen molar-refractivity contribution >= 4 is 21.6 Å². The second kappa shape index (κ2) is 4.97. The molecule has 18 heavy (non-hydrogen) atoms. The average Bonchev–Trinajstić information content (AvgIpc) is 2.74. The van der Waals surface area contributed by atoms with E-state index in [0.29, 0.717) is 16.0 Å². The number of hydrogen-bond acceptors (Lipinski definition) is 3. The number of nitrogen functional groups attached to an aromatic ring is 1. The summed E-state index contributed by atoms with van der Waals surface area (Å²) in [5, 5.41) is 4.15. The quantitative estimate of drug-likeness (QED) is 0.878.